The molecule has 0 aromatic heterocycles. The summed E-state index contributed by atoms with van der Waals surface area (Å²) >= 11 is -3.85. The van der Waals surface area contributed by atoms with E-state index < -0.39 is 14.8 Å². The Kier molecular flexibility index (Phi) is 7.04. The molecule has 35 heavy (non-hydrogen) atoms. The van der Waals surface area contributed by atoms with Gasteiger partial charge in [0.1, 0.15) is 0 Å². The first-order chi connectivity index (χ1) is 16.6. The van der Waals surface area contributed by atoms with Gasteiger partial charge in [0, 0.05) is 0 Å². The van der Waals surface area contributed by atoms with Crippen LogP contribution in [0.2, 0.25) is 0 Å². The van der Waals surface area contributed by atoms with Crippen molar-refractivity contribution in [3.63, 3.8) is 0 Å². The summed E-state index contributed by atoms with van der Waals surface area (Å²) < 4.78 is 8.74. The summed E-state index contributed by atoms with van der Waals surface area (Å²) in [6, 6.07) is 22.8. The SMILES string of the molecule is C[CH]=[Ti]([CH2]c1ccccc1)([CH2]c1ccccc1)([C]1=C(C)C(C)=C(C)C1C)[C]1=C(C)C(C)=C(C)C1C. The first-order valence-corrected chi connectivity index (χ1v) is 18.1. The van der Waals surface area contributed by atoms with E-state index in [4.69, 9.17) is 0 Å². The predicted octanol–water partition coefficient (Wildman–Crippen LogP) is 9.42. The Morgan fingerprint density at radius 1 is 0.571 bits per heavy atom. The Labute approximate surface area is 214 Å². The molecule has 0 amide bonds. The van der Waals surface area contributed by atoms with Crippen LogP contribution in [0.4, 0.5) is 0 Å². The molecule has 2 aliphatic rings. The molecule has 4 rings (SSSR count). The molecule has 2 aliphatic carbocycles. The Morgan fingerprint density at radius 3 is 1.17 bits per heavy atom. The minimum atomic E-state index is -3.85. The van der Waals surface area contributed by atoms with E-state index in [0.29, 0.717) is 11.8 Å². The van der Waals surface area contributed by atoms with Gasteiger partial charge < -0.3 is 0 Å². The summed E-state index contributed by atoms with van der Waals surface area (Å²) in [7, 11) is 0. The zero-order valence-electron chi connectivity index (χ0n) is 23.4. The number of rotatable bonds is 6. The van der Waals surface area contributed by atoms with Gasteiger partial charge in [0.25, 0.3) is 0 Å². The fourth-order valence-corrected chi connectivity index (χ4v) is 22.6. The van der Waals surface area contributed by atoms with Crippen LogP contribution in [0.1, 0.15) is 73.4 Å². The maximum atomic E-state index is 2.81. The first kappa shape index (κ1) is 26.1. The number of hydrogen-bond donors (Lipinski definition) is 0. The summed E-state index contributed by atoms with van der Waals surface area (Å²) in [5.74, 6) is 0.980. The summed E-state index contributed by atoms with van der Waals surface area (Å²) in [4.78, 5) is 0. The molecule has 0 fully saturated rings. The topological polar surface area (TPSA) is 0 Å². The van der Waals surface area contributed by atoms with Crippen LogP contribution in [-0.2, 0) is 24.3 Å². The Balaban J connectivity index is 2.19. The molecule has 1 heteroatoms. The van der Waals surface area contributed by atoms with Crippen molar-refractivity contribution < 1.29 is 14.8 Å². The van der Waals surface area contributed by atoms with Gasteiger partial charge in [0.2, 0.25) is 0 Å². The molecular weight excluding hydrogens is 456 g/mol. The van der Waals surface area contributed by atoms with Gasteiger partial charge in [-0.15, -0.1) is 0 Å². The van der Waals surface area contributed by atoms with Crippen LogP contribution >= 0.6 is 0 Å². The van der Waals surface area contributed by atoms with Crippen LogP contribution in [0.15, 0.2) is 102 Å². The van der Waals surface area contributed by atoms with Gasteiger partial charge >= 0.3 is 216 Å². The van der Waals surface area contributed by atoms with Crippen molar-refractivity contribution in [2.24, 2.45) is 11.8 Å². The third kappa shape index (κ3) is 3.89. The second-order valence-electron chi connectivity index (χ2n) is 11.5. The molecule has 0 spiro atoms. The molecule has 2 aromatic rings. The monoisotopic (exact) mass is 500 g/mol. The second kappa shape index (κ2) is 9.46. The summed E-state index contributed by atoms with van der Waals surface area (Å²) in [6.45, 7) is 21.8. The van der Waals surface area contributed by atoms with E-state index in [9.17, 15) is 0 Å². The van der Waals surface area contributed by atoms with Crippen molar-refractivity contribution in [2.75, 3.05) is 0 Å². The molecule has 0 radical (unpaired) electrons. The van der Waals surface area contributed by atoms with Crippen LogP contribution in [0, 0.1) is 11.8 Å². The Hall–Kier alpha value is -2.02. The van der Waals surface area contributed by atoms with Gasteiger partial charge in [-0.05, 0) is 0 Å². The van der Waals surface area contributed by atoms with E-state index in [1.807, 2.05) is 0 Å². The summed E-state index contributed by atoms with van der Waals surface area (Å²) in [5, 5.41) is 0. The van der Waals surface area contributed by atoms with E-state index in [-0.39, 0.29) is 0 Å². The van der Waals surface area contributed by atoms with Crippen molar-refractivity contribution in [1.29, 1.82) is 0 Å². The van der Waals surface area contributed by atoms with Crippen LogP contribution in [0.5, 0.6) is 0 Å². The Morgan fingerprint density at radius 2 is 0.914 bits per heavy atom. The molecule has 184 valence electrons. The second-order valence-corrected chi connectivity index (χ2v) is 20.8. The van der Waals surface area contributed by atoms with Gasteiger partial charge in [-0.2, -0.15) is 0 Å². The molecule has 2 atom stereocenters. The molecule has 0 heterocycles. The van der Waals surface area contributed by atoms with Crippen molar-refractivity contribution in [3.8, 4) is 0 Å². The zero-order chi connectivity index (χ0) is 25.6. The maximum absolute atomic E-state index is 3.85. The fraction of sp³-hybridized carbons (Fsp3) is 0.382. The van der Waals surface area contributed by atoms with Gasteiger partial charge in [-0.3, -0.25) is 0 Å². The molecule has 0 aliphatic heterocycles. The standard InChI is InChI=1S/2C9H13.2C7H7.C2H4.Ti/c2*1-6-5-7(2)9(4)8(6)3;2*1-7-5-3-2-4-6-7;1-2;/h2*6H,1-4H3;2*2-6H,1H2;1H,2H3;. The predicted molar refractivity (Wildman–Crippen MR) is 153 cm³/mol. The molecular formula is C34H44Ti. The average molecular weight is 501 g/mol. The molecule has 0 N–H and O–H groups in total. The van der Waals surface area contributed by atoms with E-state index in [1.54, 1.807) is 30.0 Å². The first-order valence-electron chi connectivity index (χ1n) is 13.4. The zero-order valence-corrected chi connectivity index (χ0v) is 25.0. The third-order valence-corrected chi connectivity index (χ3v) is 22.9. The summed E-state index contributed by atoms with van der Waals surface area (Å²) in [5.41, 5.74) is 12.3. The van der Waals surface area contributed by atoms with E-state index in [1.165, 1.54) is 31.7 Å². The van der Waals surface area contributed by atoms with Gasteiger partial charge in [0.15, 0.2) is 0 Å². The van der Waals surface area contributed by atoms with Crippen LogP contribution in [0.25, 0.3) is 0 Å². The molecule has 2 aromatic carbocycles. The van der Waals surface area contributed by atoms with E-state index >= 15 is 0 Å². The molecule has 0 saturated carbocycles. The Bertz CT molecular complexity index is 1240. The van der Waals surface area contributed by atoms with Crippen LogP contribution < -0.4 is 0 Å². The van der Waals surface area contributed by atoms with Crippen LogP contribution in [0.3, 0.4) is 0 Å². The normalized spacial score (nSPS) is 21.5. The van der Waals surface area contributed by atoms with Crippen molar-refractivity contribution >= 4 is 4.31 Å². The molecule has 2 unspecified atom stereocenters. The number of allylic oxidation sites excluding steroid dienone is 8. The van der Waals surface area contributed by atoms with Crippen molar-refractivity contribution in [1.82, 2.24) is 0 Å². The third-order valence-electron chi connectivity index (χ3n) is 10.2. The molecule has 0 saturated heterocycles. The average Bonchev–Trinajstić information content (AvgIpc) is 3.19. The van der Waals surface area contributed by atoms with Crippen molar-refractivity contribution in [2.45, 2.75) is 71.8 Å². The minimum absolute atomic E-state index is 0.490. The van der Waals surface area contributed by atoms with Gasteiger partial charge in [-0.25, -0.2) is 0 Å². The van der Waals surface area contributed by atoms with Crippen molar-refractivity contribution in [3.05, 3.63) is 113 Å². The van der Waals surface area contributed by atoms with E-state index in [2.05, 4.69) is 127 Å². The summed E-state index contributed by atoms with van der Waals surface area (Å²) in [6.07, 6.45) is 0. The number of benzene rings is 2. The fourth-order valence-electron chi connectivity index (χ4n) is 7.97. The van der Waals surface area contributed by atoms with Gasteiger partial charge in [-0.1, -0.05) is 0 Å². The van der Waals surface area contributed by atoms with Gasteiger partial charge in [0.05, 0.1) is 0 Å². The molecule has 0 bridgehead atoms. The van der Waals surface area contributed by atoms with E-state index in [0.717, 1.165) is 0 Å². The quantitative estimate of drug-likeness (QED) is 0.347. The molecule has 0 nitrogen and oxygen atoms in total. The number of hydrogen-bond acceptors (Lipinski definition) is 0. The van der Waals surface area contributed by atoms with Crippen LogP contribution in [-0.4, -0.2) is 4.31 Å².